The van der Waals surface area contributed by atoms with Crippen LogP contribution in [0.5, 0.6) is 0 Å². The van der Waals surface area contributed by atoms with Crippen molar-refractivity contribution in [2.75, 3.05) is 13.7 Å². The molecule has 1 aliphatic heterocycles. The Balaban J connectivity index is 1.83. The fourth-order valence-corrected chi connectivity index (χ4v) is 6.25. The number of esters is 1. The highest BCUT2D eigenvalue weighted by atomic mass is 35.5. The highest BCUT2D eigenvalue weighted by Gasteiger charge is 2.74. The number of ketones is 1. The third-order valence-electron chi connectivity index (χ3n) is 8.06. The number of fused-ring (bicyclic) bond motifs is 1. The Kier molecular flexibility index (Phi) is 9.06. The number of rotatable bonds is 10. The summed E-state index contributed by atoms with van der Waals surface area (Å²) >= 11 is 12.9. The number of nitrogens with two attached hydrogens (primary N) is 1. The van der Waals surface area contributed by atoms with Crippen LogP contribution in [0.15, 0.2) is 0 Å². The molecule has 5 amide bonds. The largest absolute Gasteiger partial charge is 0.467 e. The molecule has 0 aromatic rings. The minimum absolute atomic E-state index is 0.0508. The van der Waals surface area contributed by atoms with Crippen LogP contribution in [0.2, 0.25) is 0 Å². The van der Waals surface area contributed by atoms with Crippen LogP contribution in [0, 0.1) is 23.2 Å². The second-order valence-corrected chi connectivity index (χ2v) is 14.0. The first kappa shape index (κ1) is 31.9. The molecule has 0 radical (unpaired) electrons. The van der Waals surface area contributed by atoms with E-state index in [0.717, 1.165) is 19.3 Å². The van der Waals surface area contributed by atoms with Crippen molar-refractivity contribution < 1.29 is 33.5 Å². The van der Waals surface area contributed by atoms with Crippen molar-refractivity contribution in [1.82, 2.24) is 20.9 Å². The molecule has 12 nitrogen and oxygen atoms in total. The summed E-state index contributed by atoms with van der Waals surface area (Å²) in [6.45, 7) is 8.17. The van der Waals surface area contributed by atoms with E-state index in [1.54, 1.807) is 20.8 Å². The number of alkyl halides is 2. The summed E-state index contributed by atoms with van der Waals surface area (Å²) in [5.41, 5.74) is 3.05. The Hall–Kier alpha value is -2.60. The zero-order valence-corrected chi connectivity index (χ0v) is 25.1. The van der Waals surface area contributed by atoms with Crippen LogP contribution >= 0.6 is 23.2 Å². The van der Waals surface area contributed by atoms with Gasteiger partial charge >= 0.3 is 12.0 Å². The summed E-state index contributed by atoms with van der Waals surface area (Å²) < 4.78 is 3.46. The lowest BCUT2D eigenvalue weighted by atomic mass is 9.80. The zero-order valence-electron chi connectivity index (χ0n) is 23.6. The standard InChI is InChI=1S/C26H39Cl2N5O7/c1-24(2,3)18(31-23(39)32-25(4,5)22(38)40-6)21(37)33-11-13-15(26(13,27)28)16(33)20(36)30-14(17(34)19(29)35)10-12-8-7-9-12/h12-16,18H,7-11H2,1-6H3,(H2,29,35)(H,30,36)(H2,31,32,39)/t13-,14?,15-,16-,18+/m0/s1. The third-order valence-corrected chi connectivity index (χ3v) is 9.13. The second-order valence-electron chi connectivity index (χ2n) is 12.6. The van der Waals surface area contributed by atoms with Gasteiger partial charge in [0.25, 0.3) is 5.91 Å². The number of amides is 5. The smallest absolute Gasteiger partial charge is 0.331 e. The van der Waals surface area contributed by atoms with Gasteiger partial charge in [-0.2, -0.15) is 0 Å². The number of carbonyl (C=O) groups excluding carboxylic acids is 6. The maximum Gasteiger partial charge on any atom is 0.331 e. The molecule has 0 spiro atoms. The number of nitrogens with zero attached hydrogens (tertiary/aromatic N) is 1. The minimum atomic E-state index is -1.37. The molecule has 40 heavy (non-hydrogen) atoms. The molecule has 0 bridgehead atoms. The van der Waals surface area contributed by atoms with Gasteiger partial charge in [0.15, 0.2) is 0 Å². The van der Waals surface area contributed by atoms with Gasteiger partial charge in [0.1, 0.15) is 22.0 Å². The van der Waals surface area contributed by atoms with Crippen LogP contribution in [-0.4, -0.2) is 82.1 Å². The van der Waals surface area contributed by atoms with Gasteiger partial charge in [0.2, 0.25) is 17.6 Å². The van der Waals surface area contributed by atoms with Gasteiger partial charge in [-0.1, -0.05) is 40.0 Å². The van der Waals surface area contributed by atoms with Crippen molar-refractivity contribution in [2.45, 2.75) is 88.3 Å². The van der Waals surface area contributed by atoms with Crippen molar-refractivity contribution in [3.63, 3.8) is 0 Å². The summed E-state index contributed by atoms with van der Waals surface area (Å²) in [5.74, 6) is -4.83. The second kappa shape index (κ2) is 11.3. The quantitative estimate of drug-likeness (QED) is 0.163. The van der Waals surface area contributed by atoms with Gasteiger partial charge in [-0.25, -0.2) is 9.59 Å². The number of urea groups is 1. The maximum absolute atomic E-state index is 13.9. The van der Waals surface area contributed by atoms with E-state index < -0.39 is 80.8 Å². The predicted octanol–water partition coefficient (Wildman–Crippen LogP) is 1.01. The van der Waals surface area contributed by atoms with Crippen LogP contribution < -0.4 is 21.7 Å². The van der Waals surface area contributed by atoms with Crippen LogP contribution in [0.3, 0.4) is 0 Å². The first-order valence-electron chi connectivity index (χ1n) is 13.3. The Bertz CT molecular complexity index is 1090. The van der Waals surface area contributed by atoms with Gasteiger partial charge in [-0.3, -0.25) is 19.2 Å². The van der Waals surface area contributed by atoms with Gasteiger partial charge in [-0.05, 0) is 31.6 Å². The molecule has 1 unspecified atom stereocenters. The number of halogens is 2. The van der Waals surface area contributed by atoms with Crippen molar-refractivity contribution in [3.8, 4) is 0 Å². The van der Waals surface area contributed by atoms with E-state index in [4.69, 9.17) is 33.7 Å². The Labute approximate surface area is 243 Å². The minimum Gasteiger partial charge on any atom is -0.467 e. The van der Waals surface area contributed by atoms with Crippen LogP contribution in [0.25, 0.3) is 0 Å². The van der Waals surface area contributed by atoms with E-state index >= 15 is 0 Å². The van der Waals surface area contributed by atoms with Crippen molar-refractivity contribution in [2.24, 2.45) is 28.9 Å². The molecule has 0 aromatic carbocycles. The van der Waals surface area contributed by atoms with Crippen LogP contribution in [-0.2, 0) is 28.7 Å². The number of carbonyl (C=O) groups is 6. The Morgan fingerprint density at radius 1 is 1.05 bits per heavy atom. The average Bonchev–Trinajstić information content (AvgIpc) is 3.15. The molecule has 224 valence electrons. The topological polar surface area (TPSA) is 177 Å². The van der Waals surface area contributed by atoms with Gasteiger partial charge in [0.05, 0.1) is 13.2 Å². The van der Waals surface area contributed by atoms with Gasteiger partial charge in [-0.15, -0.1) is 23.2 Å². The fraction of sp³-hybridized carbons (Fsp3) is 0.769. The van der Waals surface area contributed by atoms with Crippen LogP contribution in [0.4, 0.5) is 4.79 Å². The molecule has 3 aliphatic rings. The lowest BCUT2D eigenvalue weighted by molar-refractivity contribution is -0.146. The molecular weight excluding hydrogens is 565 g/mol. The summed E-state index contributed by atoms with van der Waals surface area (Å²) in [6.07, 6.45) is 3.00. The van der Waals surface area contributed by atoms with Crippen molar-refractivity contribution >= 4 is 58.7 Å². The lowest BCUT2D eigenvalue weighted by Crippen LogP contribution is -2.63. The number of likely N-dealkylation sites (tertiary alicyclic amines) is 1. The first-order valence-corrected chi connectivity index (χ1v) is 14.1. The molecular formula is C26H39Cl2N5O7. The predicted molar refractivity (Wildman–Crippen MR) is 146 cm³/mol. The number of piperidine rings is 1. The first-order chi connectivity index (χ1) is 18.3. The summed E-state index contributed by atoms with van der Waals surface area (Å²) in [5, 5.41) is 7.77. The highest BCUT2D eigenvalue weighted by Crippen LogP contribution is 2.65. The van der Waals surface area contributed by atoms with E-state index in [0.29, 0.717) is 0 Å². The summed E-state index contributed by atoms with van der Waals surface area (Å²) in [7, 11) is 1.19. The molecule has 2 saturated carbocycles. The summed E-state index contributed by atoms with van der Waals surface area (Å²) in [6, 6.07) is -4.18. The molecule has 5 atom stereocenters. The molecule has 2 aliphatic carbocycles. The third kappa shape index (κ3) is 6.48. The van der Waals surface area contributed by atoms with E-state index in [9.17, 15) is 28.8 Å². The summed E-state index contributed by atoms with van der Waals surface area (Å²) in [4.78, 5) is 78.0. The number of Topliss-reactive ketones (excluding diaryl/α,β-unsaturated/α-hetero) is 1. The number of methoxy groups -OCH3 is 1. The van der Waals surface area contributed by atoms with Crippen molar-refractivity contribution in [1.29, 1.82) is 0 Å². The number of primary amides is 1. The molecule has 1 heterocycles. The highest BCUT2D eigenvalue weighted by molar-refractivity contribution is 6.51. The molecule has 5 N–H and O–H groups in total. The van der Waals surface area contributed by atoms with Crippen molar-refractivity contribution in [3.05, 3.63) is 0 Å². The maximum atomic E-state index is 13.9. The van der Waals surface area contributed by atoms with Gasteiger partial charge in [0, 0.05) is 18.4 Å². The normalized spacial score (nSPS) is 25.0. The van der Waals surface area contributed by atoms with E-state index in [2.05, 4.69) is 16.0 Å². The number of hydrogen-bond acceptors (Lipinski definition) is 7. The fourth-order valence-electron chi connectivity index (χ4n) is 5.43. The average molecular weight is 605 g/mol. The number of hydrogen-bond donors (Lipinski definition) is 4. The zero-order chi connectivity index (χ0) is 30.4. The number of ether oxygens (including phenoxy) is 1. The molecule has 14 heteroatoms. The van der Waals surface area contributed by atoms with Gasteiger partial charge < -0.3 is 31.3 Å². The lowest BCUT2D eigenvalue weighted by Gasteiger charge is -2.38. The molecule has 1 saturated heterocycles. The Morgan fingerprint density at radius 3 is 2.12 bits per heavy atom. The molecule has 3 rings (SSSR count). The Morgan fingerprint density at radius 2 is 1.65 bits per heavy atom. The van der Waals surface area contributed by atoms with E-state index in [1.807, 2.05) is 0 Å². The molecule has 0 aromatic heterocycles. The van der Waals surface area contributed by atoms with E-state index in [-0.39, 0.29) is 18.9 Å². The molecule has 3 fully saturated rings. The SMILES string of the molecule is COC(=O)C(C)(C)NC(=O)N[C@H](C(=O)N1C[C@H]2[C@@H]([C@H]1C(=O)NC(CC1CCC1)C(=O)C(N)=O)C2(Cl)Cl)C(C)(C)C. The monoisotopic (exact) mass is 603 g/mol. The van der Waals surface area contributed by atoms with Crippen LogP contribution in [0.1, 0.15) is 60.3 Å². The number of nitrogens with one attached hydrogen (secondary N) is 3. The van der Waals surface area contributed by atoms with E-state index in [1.165, 1.54) is 25.9 Å².